The van der Waals surface area contributed by atoms with Crippen LogP contribution in [0.3, 0.4) is 0 Å². The minimum Gasteiger partial charge on any atom is -0.382 e. The van der Waals surface area contributed by atoms with Gasteiger partial charge >= 0.3 is 0 Å². The molecule has 5 nitrogen and oxygen atoms in total. The molecule has 0 aliphatic rings. The molecule has 0 spiro atoms. The lowest BCUT2D eigenvalue weighted by Gasteiger charge is -2.08. The van der Waals surface area contributed by atoms with Crippen molar-refractivity contribution in [1.82, 2.24) is 14.8 Å². The number of nitrogens with one attached hydrogen (secondary N) is 2. The number of aryl methyl sites for hydroxylation is 1. The van der Waals surface area contributed by atoms with Gasteiger partial charge in [0.05, 0.1) is 11.9 Å². The summed E-state index contributed by atoms with van der Waals surface area (Å²) in [5.41, 5.74) is 2.00. The molecule has 2 heterocycles. The first-order chi connectivity index (χ1) is 10.6. The predicted octanol–water partition coefficient (Wildman–Crippen LogP) is 2.71. The highest BCUT2D eigenvalue weighted by Crippen LogP contribution is 2.20. The highest BCUT2D eigenvalue weighted by Gasteiger charge is 2.08. The molecule has 0 atom stereocenters. The van der Waals surface area contributed by atoms with Gasteiger partial charge in [-0.25, -0.2) is 9.07 Å². The zero-order chi connectivity index (χ0) is 15.7. The number of benzene rings is 1. The molecule has 2 N–H and O–H groups in total. The first kappa shape index (κ1) is 14.6. The fourth-order valence-corrected chi connectivity index (χ4v) is 2.57. The number of aromatic nitrogens is 3. The van der Waals surface area contributed by atoms with Crippen molar-refractivity contribution in [3.05, 3.63) is 57.3 Å². The third-order valence-electron chi connectivity index (χ3n) is 3.52. The van der Waals surface area contributed by atoms with Crippen LogP contribution in [0.5, 0.6) is 0 Å². The molecule has 0 saturated carbocycles. The van der Waals surface area contributed by atoms with E-state index in [1.807, 2.05) is 6.20 Å². The number of hydrogen-bond acceptors (Lipinski definition) is 3. The van der Waals surface area contributed by atoms with Gasteiger partial charge in [0, 0.05) is 30.7 Å². The Balaban J connectivity index is 1.73. The van der Waals surface area contributed by atoms with E-state index >= 15 is 0 Å². The summed E-state index contributed by atoms with van der Waals surface area (Å²) in [6.07, 6.45) is 4.08. The van der Waals surface area contributed by atoms with Crippen molar-refractivity contribution >= 4 is 28.2 Å². The summed E-state index contributed by atoms with van der Waals surface area (Å²) in [6, 6.07) is 4.66. The van der Waals surface area contributed by atoms with Crippen LogP contribution in [-0.4, -0.2) is 21.3 Å². The molecule has 0 fully saturated rings. The lowest BCUT2D eigenvalue weighted by molar-refractivity contribution is 0.629. The summed E-state index contributed by atoms with van der Waals surface area (Å²) >= 11 is 5.99. The molecule has 0 aliphatic carbocycles. The minimum atomic E-state index is -0.339. The molecular formula is C15H14ClFN4O. The standard InChI is InChI=1S/C15H14ClFN4O/c1-21-15(22)14(16)13(8-20-21)18-5-4-9-7-19-12-6-10(17)2-3-11(9)12/h2-3,6-8,18-19H,4-5H2,1H3. The van der Waals surface area contributed by atoms with E-state index in [2.05, 4.69) is 15.4 Å². The highest BCUT2D eigenvalue weighted by atomic mass is 35.5. The van der Waals surface area contributed by atoms with Crippen LogP contribution in [0.2, 0.25) is 5.02 Å². The van der Waals surface area contributed by atoms with Crippen LogP contribution >= 0.6 is 11.6 Å². The van der Waals surface area contributed by atoms with Gasteiger partial charge in [0.25, 0.3) is 5.56 Å². The van der Waals surface area contributed by atoms with Crippen LogP contribution in [0.15, 0.2) is 35.4 Å². The summed E-state index contributed by atoms with van der Waals surface area (Å²) in [4.78, 5) is 14.7. The highest BCUT2D eigenvalue weighted by molar-refractivity contribution is 6.32. The molecule has 0 aliphatic heterocycles. The average Bonchev–Trinajstić information content (AvgIpc) is 2.89. The summed E-state index contributed by atoms with van der Waals surface area (Å²) in [5.74, 6) is -0.267. The number of nitrogens with zero attached hydrogens (tertiary/aromatic N) is 2. The van der Waals surface area contributed by atoms with Crippen LogP contribution in [0, 0.1) is 5.82 Å². The van der Waals surface area contributed by atoms with Gasteiger partial charge in [0.2, 0.25) is 0 Å². The van der Waals surface area contributed by atoms with Gasteiger partial charge in [0.15, 0.2) is 0 Å². The van der Waals surface area contributed by atoms with E-state index in [0.717, 1.165) is 16.5 Å². The predicted molar refractivity (Wildman–Crippen MR) is 84.9 cm³/mol. The van der Waals surface area contributed by atoms with Gasteiger partial charge in [0.1, 0.15) is 10.8 Å². The normalized spacial score (nSPS) is 11.0. The van der Waals surface area contributed by atoms with Gasteiger partial charge in [-0.15, -0.1) is 0 Å². The second-order valence-corrected chi connectivity index (χ2v) is 5.36. The monoisotopic (exact) mass is 320 g/mol. The zero-order valence-electron chi connectivity index (χ0n) is 11.9. The first-order valence-electron chi connectivity index (χ1n) is 6.77. The lowest BCUT2D eigenvalue weighted by Crippen LogP contribution is -2.21. The molecule has 0 bridgehead atoms. The SMILES string of the molecule is Cn1ncc(NCCc2c[nH]c3cc(F)ccc23)c(Cl)c1=O. The molecular weight excluding hydrogens is 307 g/mol. The third-order valence-corrected chi connectivity index (χ3v) is 3.88. The van der Waals surface area contributed by atoms with Crippen LogP contribution < -0.4 is 10.9 Å². The van der Waals surface area contributed by atoms with Crippen LogP contribution in [0.4, 0.5) is 10.1 Å². The fourth-order valence-electron chi connectivity index (χ4n) is 2.33. The molecule has 0 unspecified atom stereocenters. The molecule has 7 heteroatoms. The fraction of sp³-hybridized carbons (Fsp3) is 0.200. The van der Waals surface area contributed by atoms with Crippen LogP contribution in [0.1, 0.15) is 5.56 Å². The van der Waals surface area contributed by atoms with Crippen LogP contribution in [0.25, 0.3) is 10.9 Å². The lowest BCUT2D eigenvalue weighted by atomic mass is 10.1. The molecule has 0 radical (unpaired) electrons. The molecule has 22 heavy (non-hydrogen) atoms. The third kappa shape index (κ3) is 2.69. The molecule has 1 aromatic carbocycles. The zero-order valence-corrected chi connectivity index (χ0v) is 12.6. The molecule has 2 aromatic heterocycles. The van der Waals surface area contributed by atoms with Crippen molar-refractivity contribution in [3.8, 4) is 0 Å². The Morgan fingerprint density at radius 3 is 3.09 bits per heavy atom. The van der Waals surface area contributed by atoms with E-state index < -0.39 is 0 Å². The molecule has 3 rings (SSSR count). The Kier molecular flexibility index (Phi) is 3.85. The number of anilines is 1. The van der Waals surface area contributed by atoms with E-state index in [1.165, 1.54) is 23.0 Å². The Hall–Kier alpha value is -2.34. The summed E-state index contributed by atoms with van der Waals surface area (Å²) in [6.45, 7) is 0.582. The maximum Gasteiger partial charge on any atom is 0.287 e. The van der Waals surface area contributed by atoms with Crippen molar-refractivity contribution in [3.63, 3.8) is 0 Å². The first-order valence-corrected chi connectivity index (χ1v) is 7.15. The maximum absolute atomic E-state index is 13.1. The maximum atomic E-state index is 13.1. The summed E-state index contributed by atoms with van der Waals surface area (Å²) in [5, 5.41) is 8.13. The van der Waals surface area contributed by atoms with Crippen LogP contribution in [-0.2, 0) is 13.5 Å². The number of hydrogen-bond donors (Lipinski definition) is 2. The smallest absolute Gasteiger partial charge is 0.287 e. The topological polar surface area (TPSA) is 62.7 Å². The second-order valence-electron chi connectivity index (χ2n) is 4.98. The van der Waals surface area contributed by atoms with Crippen molar-refractivity contribution in [2.75, 3.05) is 11.9 Å². The Morgan fingerprint density at radius 1 is 1.45 bits per heavy atom. The van der Waals surface area contributed by atoms with Gasteiger partial charge < -0.3 is 10.3 Å². The number of rotatable bonds is 4. The quantitative estimate of drug-likeness (QED) is 0.777. The average molecular weight is 321 g/mol. The van der Waals surface area contributed by atoms with E-state index in [9.17, 15) is 9.18 Å². The van der Waals surface area contributed by atoms with Gasteiger partial charge in [-0.3, -0.25) is 4.79 Å². The molecule has 114 valence electrons. The molecule has 0 saturated heterocycles. The Bertz CT molecular complexity index is 887. The van der Waals surface area contributed by atoms with Crippen molar-refractivity contribution in [1.29, 1.82) is 0 Å². The number of halogens is 2. The molecule has 0 amide bonds. The molecule has 3 aromatic rings. The van der Waals surface area contributed by atoms with Crippen molar-refractivity contribution in [2.45, 2.75) is 6.42 Å². The van der Waals surface area contributed by atoms with E-state index in [4.69, 9.17) is 11.6 Å². The van der Waals surface area contributed by atoms with E-state index in [0.29, 0.717) is 18.7 Å². The summed E-state index contributed by atoms with van der Waals surface area (Å²) < 4.78 is 14.3. The number of aromatic amines is 1. The Labute approximate surface area is 130 Å². The number of fused-ring (bicyclic) bond motifs is 1. The van der Waals surface area contributed by atoms with Gasteiger partial charge in [-0.05, 0) is 30.2 Å². The second kappa shape index (κ2) is 5.81. The van der Waals surface area contributed by atoms with E-state index in [1.54, 1.807) is 13.1 Å². The Morgan fingerprint density at radius 2 is 2.27 bits per heavy atom. The van der Waals surface area contributed by atoms with E-state index in [-0.39, 0.29) is 16.4 Å². The number of H-pyrrole nitrogens is 1. The summed E-state index contributed by atoms with van der Waals surface area (Å²) in [7, 11) is 1.54. The largest absolute Gasteiger partial charge is 0.382 e. The van der Waals surface area contributed by atoms with Crippen molar-refractivity contribution < 1.29 is 4.39 Å². The van der Waals surface area contributed by atoms with Gasteiger partial charge in [-0.2, -0.15) is 5.10 Å². The minimum absolute atomic E-state index is 0.124. The van der Waals surface area contributed by atoms with Gasteiger partial charge in [-0.1, -0.05) is 11.6 Å². The van der Waals surface area contributed by atoms with Crippen molar-refractivity contribution in [2.24, 2.45) is 7.05 Å².